The number of nitrogens with one attached hydrogen (secondary N) is 1. The maximum atomic E-state index is 5.95. The molecule has 0 bridgehead atoms. The highest BCUT2D eigenvalue weighted by Gasteiger charge is 2.04. The molecule has 2 aromatic rings. The van der Waals surface area contributed by atoms with Crippen LogP contribution in [0.1, 0.15) is 5.56 Å². The number of rotatable bonds is 4. The molecule has 0 aliphatic heterocycles. The van der Waals surface area contributed by atoms with Gasteiger partial charge >= 0.3 is 0 Å². The van der Waals surface area contributed by atoms with Crippen LogP contribution in [-0.2, 0) is 13.6 Å². The lowest BCUT2D eigenvalue weighted by Gasteiger charge is -2.10. The third-order valence-corrected chi connectivity index (χ3v) is 2.64. The number of halogens is 1. The van der Waals surface area contributed by atoms with Gasteiger partial charge in [-0.05, 0) is 18.2 Å². The maximum Gasteiger partial charge on any atom is 0.142 e. The van der Waals surface area contributed by atoms with Crippen LogP contribution in [0, 0.1) is 0 Å². The van der Waals surface area contributed by atoms with Crippen LogP contribution in [0.15, 0.2) is 30.6 Å². The minimum absolute atomic E-state index is 0.680. The summed E-state index contributed by atoms with van der Waals surface area (Å²) in [4.78, 5) is 0. The summed E-state index contributed by atoms with van der Waals surface area (Å²) in [7, 11) is 3.53. The van der Waals surface area contributed by atoms with Gasteiger partial charge in [0, 0.05) is 30.4 Å². The summed E-state index contributed by atoms with van der Waals surface area (Å²) in [6.07, 6.45) is 3.79. The van der Waals surface area contributed by atoms with Crippen LogP contribution in [0.5, 0.6) is 5.75 Å². The zero-order chi connectivity index (χ0) is 12.3. The van der Waals surface area contributed by atoms with Crippen molar-refractivity contribution >= 4 is 17.3 Å². The Morgan fingerprint density at radius 3 is 2.94 bits per heavy atom. The molecule has 1 aromatic carbocycles. The van der Waals surface area contributed by atoms with E-state index in [9.17, 15) is 0 Å². The largest absolute Gasteiger partial charge is 0.495 e. The number of hydrogen-bond donors (Lipinski definition) is 1. The molecule has 0 saturated carbocycles. The van der Waals surface area contributed by atoms with Gasteiger partial charge < -0.3 is 10.1 Å². The first-order valence-corrected chi connectivity index (χ1v) is 5.62. The number of benzene rings is 1. The molecule has 0 aliphatic carbocycles. The fourth-order valence-corrected chi connectivity index (χ4v) is 1.75. The number of methoxy groups -OCH3 is 1. The van der Waals surface area contributed by atoms with Gasteiger partial charge in [0.25, 0.3) is 0 Å². The lowest BCUT2D eigenvalue weighted by Crippen LogP contribution is -2.00. The molecule has 2 rings (SSSR count). The van der Waals surface area contributed by atoms with Crippen molar-refractivity contribution in [1.29, 1.82) is 0 Å². The lowest BCUT2D eigenvalue weighted by molar-refractivity contribution is 0.416. The van der Waals surface area contributed by atoms with Gasteiger partial charge in [-0.25, -0.2) is 0 Å². The maximum absolute atomic E-state index is 5.95. The molecule has 0 fully saturated rings. The van der Waals surface area contributed by atoms with E-state index in [-0.39, 0.29) is 0 Å². The summed E-state index contributed by atoms with van der Waals surface area (Å²) in [6.45, 7) is 0.685. The predicted molar refractivity (Wildman–Crippen MR) is 68.5 cm³/mol. The van der Waals surface area contributed by atoms with E-state index in [2.05, 4.69) is 10.4 Å². The van der Waals surface area contributed by atoms with Crippen molar-refractivity contribution in [3.63, 3.8) is 0 Å². The normalized spacial score (nSPS) is 10.3. The Labute approximate surface area is 105 Å². The van der Waals surface area contributed by atoms with E-state index >= 15 is 0 Å². The van der Waals surface area contributed by atoms with Gasteiger partial charge in [-0.2, -0.15) is 5.10 Å². The SMILES string of the molecule is COc1ccc(Cl)cc1NCc1cnn(C)c1. The molecule has 1 aromatic heterocycles. The first kappa shape index (κ1) is 11.8. The summed E-state index contributed by atoms with van der Waals surface area (Å²) in [5.74, 6) is 0.776. The molecular formula is C12H14ClN3O. The van der Waals surface area contributed by atoms with Crippen LogP contribution < -0.4 is 10.1 Å². The molecular weight excluding hydrogens is 238 g/mol. The van der Waals surface area contributed by atoms with Crippen molar-refractivity contribution in [2.24, 2.45) is 7.05 Å². The zero-order valence-corrected chi connectivity index (χ0v) is 10.5. The Hall–Kier alpha value is -1.68. The molecule has 1 heterocycles. The number of anilines is 1. The highest BCUT2D eigenvalue weighted by Crippen LogP contribution is 2.27. The Bertz CT molecular complexity index is 510. The van der Waals surface area contributed by atoms with Crippen molar-refractivity contribution < 1.29 is 4.74 Å². The zero-order valence-electron chi connectivity index (χ0n) is 9.77. The number of aryl methyl sites for hydroxylation is 1. The lowest BCUT2D eigenvalue weighted by atomic mass is 10.2. The van der Waals surface area contributed by atoms with Gasteiger partial charge in [0.05, 0.1) is 19.0 Å². The van der Waals surface area contributed by atoms with Crippen LogP contribution in [0.25, 0.3) is 0 Å². The van der Waals surface area contributed by atoms with Crippen molar-refractivity contribution in [3.05, 3.63) is 41.2 Å². The van der Waals surface area contributed by atoms with Crippen LogP contribution in [-0.4, -0.2) is 16.9 Å². The van der Waals surface area contributed by atoms with E-state index in [0.29, 0.717) is 11.6 Å². The van der Waals surface area contributed by atoms with E-state index in [1.54, 1.807) is 17.9 Å². The highest BCUT2D eigenvalue weighted by atomic mass is 35.5. The second-order valence-electron chi connectivity index (χ2n) is 3.72. The van der Waals surface area contributed by atoms with Crippen LogP contribution >= 0.6 is 11.6 Å². The Morgan fingerprint density at radius 2 is 2.29 bits per heavy atom. The average Bonchev–Trinajstić information content (AvgIpc) is 2.73. The molecule has 0 atom stereocenters. The first-order valence-electron chi connectivity index (χ1n) is 5.24. The summed E-state index contributed by atoms with van der Waals surface area (Å²) >= 11 is 5.95. The molecule has 90 valence electrons. The molecule has 0 saturated heterocycles. The number of ether oxygens (including phenoxy) is 1. The quantitative estimate of drug-likeness (QED) is 0.908. The molecule has 0 radical (unpaired) electrons. The van der Waals surface area contributed by atoms with E-state index in [1.165, 1.54) is 0 Å². The number of nitrogens with zero attached hydrogens (tertiary/aromatic N) is 2. The molecule has 0 spiro atoms. The van der Waals surface area contributed by atoms with E-state index < -0.39 is 0 Å². The van der Waals surface area contributed by atoms with E-state index in [1.807, 2.05) is 31.6 Å². The smallest absolute Gasteiger partial charge is 0.142 e. The third kappa shape index (κ3) is 2.91. The average molecular weight is 252 g/mol. The number of hydrogen-bond acceptors (Lipinski definition) is 3. The Balaban J connectivity index is 2.10. The van der Waals surface area contributed by atoms with Crippen LogP contribution in [0.3, 0.4) is 0 Å². The Morgan fingerprint density at radius 1 is 1.47 bits per heavy atom. The van der Waals surface area contributed by atoms with Crippen molar-refractivity contribution in [1.82, 2.24) is 9.78 Å². The fraction of sp³-hybridized carbons (Fsp3) is 0.250. The second kappa shape index (κ2) is 5.10. The van der Waals surface area contributed by atoms with Gasteiger partial charge in [0.15, 0.2) is 0 Å². The van der Waals surface area contributed by atoms with Crippen LogP contribution in [0.4, 0.5) is 5.69 Å². The molecule has 17 heavy (non-hydrogen) atoms. The van der Waals surface area contributed by atoms with Gasteiger partial charge in [0.1, 0.15) is 5.75 Å². The van der Waals surface area contributed by atoms with Gasteiger partial charge in [0.2, 0.25) is 0 Å². The molecule has 0 amide bonds. The van der Waals surface area contributed by atoms with E-state index in [0.717, 1.165) is 17.0 Å². The summed E-state index contributed by atoms with van der Waals surface area (Å²) in [5.41, 5.74) is 1.98. The van der Waals surface area contributed by atoms with Crippen molar-refractivity contribution in [2.75, 3.05) is 12.4 Å². The minimum atomic E-state index is 0.680. The Kier molecular flexibility index (Phi) is 3.54. The van der Waals surface area contributed by atoms with E-state index in [4.69, 9.17) is 16.3 Å². The summed E-state index contributed by atoms with van der Waals surface area (Å²) < 4.78 is 7.02. The number of aromatic nitrogens is 2. The summed E-state index contributed by atoms with van der Waals surface area (Å²) in [5, 5.41) is 8.06. The second-order valence-corrected chi connectivity index (χ2v) is 4.16. The van der Waals surface area contributed by atoms with Gasteiger partial charge in [-0.1, -0.05) is 11.6 Å². The minimum Gasteiger partial charge on any atom is -0.495 e. The van der Waals surface area contributed by atoms with Crippen molar-refractivity contribution in [3.8, 4) is 5.75 Å². The first-order chi connectivity index (χ1) is 8.19. The molecule has 0 unspecified atom stereocenters. The summed E-state index contributed by atoms with van der Waals surface area (Å²) in [6, 6.07) is 5.49. The molecule has 5 heteroatoms. The highest BCUT2D eigenvalue weighted by molar-refractivity contribution is 6.30. The standard InChI is InChI=1S/C12H14ClN3O/c1-16-8-9(7-15-16)6-14-11-5-10(13)3-4-12(11)17-2/h3-5,7-8,14H,6H2,1-2H3. The monoisotopic (exact) mass is 251 g/mol. The fourth-order valence-electron chi connectivity index (χ4n) is 1.58. The van der Waals surface area contributed by atoms with Gasteiger partial charge in [-0.15, -0.1) is 0 Å². The van der Waals surface area contributed by atoms with Crippen molar-refractivity contribution in [2.45, 2.75) is 6.54 Å². The molecule has 0 aliphatic rings. The third-order valence-electron chi connectivity index (χ3n) is 2.40. The molecule has 1 N–H and O–H groups in total. The molecule has 4 nitrogen and oxygen atoms in total. The topological polar surface area (TPSA) is 39.1 Å². The van der Waals surface area contributed by atoms with Crippen LogP contribution in [0.2, 0.25) is 5.02 Å². The predicted octanol–water partition coefficient (Wildman–Crippen LogP) is 2.69. The van der Waals surface area contributed by atoms with Gasteiger partial charge in [-0.3, -0.25) is 4.68 Å².